The van der Waals surface area contributed by atoms with E-state index in [-0.39, 0.29) is 11.8 Å². The molecule has 0 aliphatic carbocycles. The van der Waals surface area contributed by atoms with E-state index in [9.17, 15) is 4.79 Å². The van der Waals surface area contributed by atoms with Crippen molar-refractivity contribution < 1.29 is 4.79 Å². The number of rotatable bonds is 3. The van der Waals surface area contributed by atoms with Crippen LogP contribution in [0.4, 0.5) is 0 Å². The van der Waals surface area contributed by atoms with Gasteiger partial charge in [-0.3, -0.25) is 4.79 Å². The van der Waals surface area contributed by atoms with Gasteiger partial charge in [0.25, 0.3) is 5.91 Å². The molecule has 3 nitrogen and oxygen atoms in total. The van der Waals surface area contributed by atoms with E-state index in [1.165, 1.54) is 15.8 Å². The maximum absolute atomic E-state index is 11.9. The predicted octanol–water partition coefficient (Wildman–Crippen LogP) is 3.59. The molecule has 0 radical (unpaired) electrons. The van der Waals surface area contributed by atoms with Crippen LogP contribution in [-0.4, -0.2) is 10.5 Å². The Labute approximate surface area is 123 Å². The lowest BCUT2D eigenvalue weighted by Crippen LogP contribution is -2.18. The van der Waals surface area contributed by atoms with Crippen molar-refractivity contribution in [2.24, 2.45) is 10.9 Å². The fourth-order valence-electron chi connectivity index (χ4n) is 2.13. The first kappa shape index (κ1) is 14.7. The molecule has 1 aromatic heterocycles. The molecular weight excluding hydrogens is 268 g/mol. The lowest BCUT2D eigenvalue weighted by atomic mass is 10.1. The molecule has 0 aliphatic rings. The molecule has 0 N–H and O–H groups in total. The lowest BCUT2D eigenvalue weighted by molar-refractivity contribution is -0.120. The van der Waals surface area contributed by atoms with Crippen LogP contribution in [-0.2, 0) is 11.3 Å². The van der Waals surface area contributed by atoms with Gasteiger partial charge in [-0.2, -0.15) is 4.99 Å². The van der Waals surface area contributed by atoms with Gasteiger partial charge in [-0.1, -0.05) is 37.3 Å². The van der Waals surface area contributed by atoms with Crippen LogP contribution >= 0.6 is 11.3 Å². The molecule has 0 bridgehead atoms. The van der Waals surface area contributed by atoms with E-state index in [0.717, 1.165) is 10.3 Å². The van der Waals surface area contributed by atoms with Crippen LogP contribution in [0.2, 0.25) is 0 Å². The van der Waals surface area contributed by atoms with Gasteiger partial charge in [0.15, 0.2) is 4.80 Å². The zero-order valence-corrected chi connectivity index (χ0v) is 13.3. The number of amides is 1. The van der Waals surface area contributed by atoms with E-state index in [0.29, 0.717) is 6.54 Å². The van der Waals surface area contributed by atoms with Gasteiger partial charge in [0.1, 0.15) is 0 Å². The summed E-state index contributed by atoms with van der Waals surface area (Å²) in [7, 11) is 0. The third-order valence-electron chi connectivity index (χ3n) is 3.13. The van der Waals surface area contributed by atoms with Gasteiger partial charge in [-0.25, -0.2) is 0 Å². The number of carbonyl (C=O) groups is 1. The molecule has 1 amide bonds. The van der Waals surface area contributed by atoms with Crippen LogP contribution in [0.5, 0.6) is 0 Å². The van der Waals surface area contributed by atoms with Crippen molar-refractivity contribution in [3.8, 4) is 0 Å². The molecule has 0 saturated carbocycles. The summed E-state index contributed by atoms with van der Waals surface area (Å²) in [5.74, 6) is -0.163. The Morgan fingerprint density at radius 2 is 2.15 bits per heavy atom. The third-order valence-corrected chi connectivity index (χ3v) is 4.36. The Morgan fingerprint density at radius 3 is 2.75 bits per heavy atom. The summed E-state index contributed by atoms with van der Waals surface area (Å²) in [5.41, 5.74) is 3.57. The minimum atomic E-state index is -0.0831. The van der Waals surface area contributed by atoms with E-state index in [1.807, 2.05) is 19.9 Å². The van der Waals surface area contributed by atoms with Crippen LogP contribution in [0.1, 0.15) is 25.0 Å². The van der Waals surface area contributed by atoms with Crippen LogP contribution in [0.25, 0.3) is 10.2 Å². The average molecular weight is 288 g/mol. The van der Waals surface area contributed by atoms with Crippen molar-refractivity contribution in [3.63, 3.8) is 0 Å². The van der Waals surface area contributed by atoms with E-state index in [2.05, 4.69) is 42.1 Å². The monoisotopic (exact) mass is 288 g/mol. The number of benzene rings is 1. The van der Waals surface area contributed by atoms with Gasteiger partial charge in [0.05, 0.1) is 10.2 Å². The van der Waals surface area contributed by atoms with Gasteiger partial charge in [-0.15, -0.1) is 6.58 Å². The minimum Gasteiger partial charge on any atom is -0.312 e. The standard InChI is InChI=1S/C16H20N2OS/c1-6-7-18-13-9-11(4)8-12(5)14(13)20-16(18)17-15(19)10(2)3/h6,8-10H,1,7H2,2-5H3. The topological polar surface area (TPSA) is 34.4 Å². The summed E-state index contributed by atoms with van der Waals surface area (Å²) >= 11 is 1.57. The molecule has 0 unspecified atom stereocenters. The number of carbonyl (C=O) groups excluding carboxylic acids is 1. The molecule has 1 heterocycles. The lowest BCUT2D eigenvalue weighted by Gasteiger charge is -2.03. The molecule has 0 spiro atoms. The Balaban J connectivity index is 2.78. The summed E-state index contributed by atoms with van der Waals surface area (Å²) in [6, 6.07) is 4.30. The molecule has 20 heavy (non-hydrogen) atoms. The summed E-state index contributed by atoms with van der Waals surface area (Å²) in [6.07, 6.45) is 1.84. The highest BCUT2D eigenvalue weighted by Gasteiger charge is 2.11. The number of thiazole rings is 1. The van der Waals surface area contributed by atoms with Crippen molar-refractivity contribution in [2.75, 3.05) is 0 Å². The Morgan fingerprint density at radius 1 is 1.45 bits per heavy atom. The molecule has 0 saturated heterocycles. The van der Waals surface area contributed by atoms with Crippen molar-refractivity contribution in [3.05, 3.63) is 40.7 Å². The van der Waals surface area contributed by atoms with Gasteiger partial charge in [0, 0.05) is 12.5 Å². The molecule has 0 fully saturated rings. The highest BCUT2D eigenvalue weighted by Crippen LogP contribution is 2.23. The zero-order valence-electron chi connectivity index (χ0n) is 12.4. The second-order valence-corrected chi connectivity index (χ2v) is 6.30. The SMILES string of the molecule is C=CCn1c(=NC(=O)C(C)C)sc2c(C)cc(C)cc21. The Bertz CT molecular complexity index is 735. The molecule has 0 aliphatic heterocycles. The number of fused-ring (bicyclic) bond motifs is 1. The zero-order chi connectivity index (χ0) is 14.9. The van der Waals surface area contributed by atoms with Crippen LogP contribution < -0.4 is 4.80 Å². The predicted molar refractivity (Wildman–Crippen MR) is 84.9 cm³/mol. The summed E-state index contributed by atoms with van der Waals surface area (Å²) in [6.45, 7) is 12.4. The van der Waals surface area contributed by atoms with Gasteiger partial charge >= 0.3 is 0 Å². The number of aromatic nitrogens is 1. The Kier molecular flexibility index (Phi) is 4.23. The fourth-order valence-corrected chi connectivity index (χ4v) is 3.22. The molecule has 4 heteroatoms. The third kappa shape index (κ3) is 2.75. The van der Waals surface area contributed by atoms with Gasteiger partial charge in [0.2, 0.25) is 0 Å². The van der Waals surface area contributed by atoms with E-state index in [1.54, 1.807) is 11.3 Å². The van der Waals surface area contributed by atoms with Crippen molar-refractivity contribution >= 4 is 27.5 Å². The average Bonchev–Trinajstić information content (AvgIpc) is 2.69. The molecule has 1 aromatic carbocycles. The van der Waals surface area contributed by atoms with Gasteiger partial charge in [-0.05, 0) is 31.0 Å². The smallest absolute Gasteiger partial charge is 0.250 e. The number of allylic oxidation sites excluding steroid dienone is 1. The Hall–Kier alpha value is -1.68. The summed E-state index contributed by atoms with van der Waals surface area (Å²) in [4.78, 5) is 16.9. The first-order valence-corrected chi connectivity index (χ1v) is 7.55. The first-order valence-electron chi connectivity index (χ1n) is 6.74. The molecule has 106 valence electrons. The molecule has 2 aromatic rings. The normalized spacial score (nSPS) is 12.3. The molecular formula is C16H20N2OS. The maximum atomic E-state index is 11.9. The van der Waals surface area contributed by atoms with Crippen LogP contribution in [0.15, 0.2) is 29.8 Å². The van der Waals surface area contributed by atoms with Crippen molar-refractivity contribution in [1.82, 2.24) is 4.57 Å². The van der Waals surface area contributed by atoms with E-state index >= 15 is 0 Å². The minimum absolute atomic E-state index is 0.0799. The second kappa shape index (κ2) is 5.75. The van der Waals surface area contributed by atoms with Crippen molar-refractivity contribution in [2.45, 2.75) is 34.2 Å². The molecule has 2 rings (SSSR count). The van der Waals surface area contributed by atoms with E-state index < -0.39 is 0 Å². The summed E-state index contributed by atoms with van der Waals surface area (Å²) < 4.78 is 3.25. The number of nitrogens with zero attached hydrogens (tertiary/aromatic N) is 2. The quantitative estimate of drug-likeness (QED) is 0.795. The van der Waals surface area contributed by atoms with Crippen LogP contribution in [0, 0.1) is 19.8 Å². The van der Waals surface area contributed by atoms with Gasteiger partial charge < -0.3 is 4.57 Å². The maximum Gasteiger partial charge on any atom is 0.250 e. The summed E-state index contributed by atoms with van der Waals surface area (Å²) in [5, 5.41) is 0. The largest absolute Gasteiger partial charge is 0.312 e. The highest BCUT2D eigenvalue weighted by atomic mass is 32.1. The second-order valence-electron chi connectivity index (χ2n) is 5.32. The number of aryl methyl sites for hydroxylation is 2. The fraction of sp³-hybridized carbons (Fsp3) is 0.375. The van der Waals surface area contributed by atoms with E-state index in [4.69, 9.17) is 0 Å². The number of hydrogen-bond donors (Lipinski definition) is 0. The molecule has 0 atom stereocenters. The van der Waals surface area contributed by atoms with Crippen LogP contribution in [0.3, 0.4) is 0 Å². The highest BCUT2D eigenvalue weighted by molar-refractivity contribution is 7.16. The van der Waals surface area contributed by atoms with Crippen molar-refractivity contribution in [1.29, 1.82) is 0 Å². The number of hydrogen-bond acceptors (Lipinski definition) is 2. The first-order chi connectivity index (χ1) is 9.43.